The van der Waals surface area contributed by atoms with Crippen LogP contribution in [0.1, 0.15) is 10.4 Å². The van der Waals surface area contributed by atoms with Crippen molar-refractivity contribution in [3.8, 4) is 17.1 Å². The molecule has 0 saturated carbocycles. The van der Waals surface area contributed by atoms with E-state index in [4.69, 9.17) is 5.73 Å². The number of carbonyl (C=O) groups is 1. The van der Waals surface area contributed by atoms with Gasteiger partial charge in [0.05, 0.1) is 0 Å². The van der Waals surface area contributed by atoms with E-state index in [-0.39, 0.29) is 0 Å². The van der Waals surface area contributed by atoms with Gasteiger partial charge in [0.15, 0.2) is 0 Å². The maximum absolute atomic E-state index is 11.1. The molecule has 98 valence electrons. The first-order valence-corrected chi connectivity index (χ1v) is 6.10. The minimum Gasteiger partial charge on any atom is -0.366 e. The van der Waals surface area contributed by atoms with Crippen molar-refractivity contribution >= 4 is 5.91 Å². The second-order valence-electron chi connectivity index (χ2n) is 4.27. The van der Waals surface area contributed by atoms with Crippen LogP contribution < -0.4 is 5.73 Å². The van der Waals surface area contributed by atoms with Gasteiger partial charge in [-0.1, -0.05) is 0 Å². The third kappa shape index (κ3) is 2.16. The molecule has 0 spiro atoms. The Labute approximate surface area is 115 Å². The molecule has 1 amide bonds. The molecule has 0 aliphatic carbocycles. The Balaban J connectivity index is 2.04. The van der Waals surface area contributed by atoms with Gasteiger partial charge in [0.25, 0.3) is 0 Å². The van der Waals surface area contributed by atoms with Crippen molar-refractivity contribution < 1.29 is 4.79 Å². The van der Waals surface area contributed by atoms with Crippen molar-refractivity contribution in [3.63, 3.8) is 0 Å². The number of amides is 1. The normalized spacial score (nSPS) is 10.4. The molecular weight excluding hydrogens is 252 g/mol. The van der Waals surface area contributed by atoms with Crippen molar-refractivity contribution in [2.24, 2.45) is 5.73 Å². The van der Waals surface area contributed by atoms with Gasteiger partial charge in [-0.3, -0.25) is 14.3 Å². The zero-order valence-electron chi connectivity index (χ0n) is 10.6. The number of primary amides is 1. The minimum absolute atomic E-state index is 0.435. The number of aromatic nitrogens is 3. The van der Waals surface area contributed by atoms with Crippen LogP contribution >= 0.6 is 0 Å². The second-order valence-corrected chi connectivity index (χ2v) is 4.27. The quantitative estimate of drug-likeness (QED) is 0.786. The summed E-state index contributed by atoms with van der Waals surface area (Å²) < 4.78 is 1.93. The molecule has 2 aromatic heterocycles. The van der Waals surface area contributed by atoms with Crippen LogP contribution in [0.5, 0.6) is 0 Å². The molecule has 5 nitrogen and oxygen atoms in total. The van der Waals surface area contributed by atoms with Gasteiger partial charge in [-0.25, -0.2) is 4.98 Å². The summed E-state index contributed by atoms with van der Waals surface area (Å²) in [6, 6.07) is 10.9. The smallest absolute Gasteiger partial charge is 0.248 e. The van der Waals surface area contributed by atoms with E-state index in [1.165, 1.54) is 0 Å². The van der Waals surface area contributed by atoms with E-state index >= 15 is 0 Å². The molecule has 3 rings (SSSR count). The summed E-state index contributed by atoms with van der Waals surface area (Å²) in [6.45, 7) is 0. The highest BCUT2D eigenvalue weighted by atomic mass is 16.1. The molecule has 0 saturated heterocycles. The molecule has 0 atom stereocenters. The van der Waals surface area contributed by atoms with Gasteiger partial charge in [-0.15, -0.1) is 0 Å². The average molecular weight is 264 g/mol. The lowest BCUT2D eigenvalue weighted by molar-refractivity contribution is 0.100. The maximum atomic E-state index is 11.1. The Bertz CT molecular complexity index is 732. The number of nitrogens with two attached hydrogens (primary N) is 1. The topological polar surface area (TPSA) is 73.8 Å². The van der Waals surface area contributed by atoms with E-state index in [2.05, 4.69) is 9.97 Å². The van der Waals surface area contributed by atoms with E-state index in [9.17, 15) is 4.79 Å². The molecule has 1 aromatic carbocycles. The highest BCUT2D eigenvalue weighted by molar-refractivity contribution is 5.92. The predicted molar refractivity (Wildman–Crippen MR) is 75.3 cm³/mol. The van der Waals surface area contributed by atoms with Gasteiger partial charge in [-0.2, -0.15) is 0 Å². The summed E-state index contributed by atoms with van der Waals surface area (Å²) in [5.74, 6) is 0.361. The molecule has 3 aromatic rings. The first-order valence-electron chi connectivity index (χ1n) is 6.10. The summed E-state index contributed by atoms with van der Waals surface area (Å²) in [7, 11) is 0. The van der Waals surface area contributed by atoms with E-state index in [0.717, 1.165) is 17.1 Å². The van der Waals surface area contributed by atoms with Gasteiger partial charge in [0, 0.05) is 41.6 Å². The lowest BCUT2D eigenvalue weighted by Gasteiger charge is -2.08. The number of hydrogen-bond donors (Lipinski definition) is 1. The predicted octanol–water partition coefficient (Wildman–Crippen LogP) is 2.03. The number of carbonyl (C=O) groups excluding carboxylic acids is 1. The van der Waals surface area contributed by atoms with Gasteiger partial charge >= 0.3 is 0 Å². The molecule has 0 radical (unpaired) electrons. The van der Waals surface area contributed by atoms with E-state index in [1.54, 1.807) is 30.7 Å². The Morgan fingerprint density at radius 2 is 1.90 bits per heavy atom. The molecular formula is C15H12N4O. The summed E-state index contributed by atoms with van der Waals surface area (Å²) >= 11 is 0. The molecule has 0 aliphatic heterocycles. The van der Waals surface area contributed by atoms with Gasteiger partial charge in [0.1, 0.15) is 5.82 Å². The van der Waals surface area contributed by atoms with Crippen LogP contribution in [0.4, 0.5) is 0 Å². The van der Waals surface area contributed by atoms with E-state index < -0.39 is 5.91 Å². The van der Waals surface area contributed by atoms with Gasteiger partial charge in [-0.05, 0) is 36.4 Å². The second kappa shape index (κ2) is 4.97. The van der Waals surface area contributed by atoms with Crippen molar-refractivity contribution in [1.82, 2.24) is 14.5 Å². The number of hydrogen-bond acceptors (Lipinski definition) is 3. The summed E-state index contributed by atoms with van der Waals surface area (Å²) in [5, 5.41) is 0. The molecule has 0 bridgehead atoms. The van der Waals surface area contributed by atoms with E-state index in [0.29, 0.717) is 5.56 Å². The number of benzene rings is 1. The Kier molecular flexibility index (Phi) is 3.01. The highest BCUT2D eigenvalue weighted by Gasteiger charge is 2.08. The van der Waals surface area contributed by atoms with Crippen LogP contribution in [0.25, 0.3) is 17.1 Å². The summed E-state index contributed by atoms with van der Waals surface area (Å²) in [5.41, 5.74) is 7.56. The number of pyridine rings is 1. The average Bonchev–Trinajstić information content (AvgIpc) is 2.97. The molecule has 20 heavy (non-hydrogen) atoms. The zero-order valence-corrected chi connectivity index (χ0v) is 10.6. The van der Waals surface area contributed by atoms with Crippen LogP contribution in [0, 0.1) is 0 Å². The SMILES string of the molecule is NC(=O)c1ccc(-n2ccnc2-c2cccnc2)cc1. The Morgan fingerprint density at radius 1 is 1.10 bits per heavy atom. The van der Waals surface area contributed by atoms with E-state index in [1.807, 2.05) is 35.0 Å². The van der Waals surface area contributed by atoms with Crippen LogP contribution in [-0.4, -0.2) is 20.4 Å². The fourth-order valence-electron chi connectivity index (χ4n) is 2.01. The molecule has 0 fully saturated rings. The third-order valence-corrected chi connectivity index (χ3v) is 2.99. The molecule has 2 heterocycles. The lowest BCUT2D eigenvalue weighted by atomic mass is 10.2. The maximum Gasteiger partial charge on any atom is 0.248 e. The van der Waals surface area contributed by atoms with Crippen LogP contribution in [0.15, 0.2) is 61.2 Å². The minimum atomic E-state index is -0.435. The van der Waals surface area contributed by atoms with Crippen LogP contribution in [0.2, 0.25) is 0 Å². The third-order valence-electron chi connectivity index (χ3n) is 2.99. The highest BCUT2D eigenvalue weighted by Crippen LogP contribution is 2.20. The molecule has 0 aliphatic rings. The van der Waals surface area contributed by atoms with Crippen molar-refractivity contribution in [3.05, 3.63) is 66.7 Å². The fraction of sp³-hybridized carbons (Fsp3) is 0. The van der Waals surface area contributed by atoms with Crippen LogP contribution in [0.3, 0.4) is 0 Å². The first-order chi connectivity index (χ1) is 9.75. The van der Waals surface area contributed by atoms with Gasteiger partial charge < -0.3 is 5.73 Å². The van der Waals surface area contributed by atoms with Gasteiger partial charge in [0.2, 0.25) is 5.91 Å². The molecule has 2 N–H and O–H groups in total. The number of nitrogens with zero attached hydrogens (tertiary/aromatic N) is 3. The van der Waals surface area contributed by atoms with Crippen LogP contribution in [-0.2, 0) is 0 Å². The number of imidazole rings is 1. The van der Waals surface area contributed by atoms with Crippen molar-refractivity contribution in [2.75, 3.05) is 0 Å². The molecule has 0 unspecified atom stereocenters. The van der Waals surface area contributed by atoms with Crippen molar-refractivity contribution in [1.29, 1.82) is 0 Å². The summed E-state index contributed by atoms with van der Waals surface area (Å²) in [4.78, 5) is 19.5. The monoisotopic (exact) mass is 264 g/mol. The largest absolute Gasteiger partial charge is 0.366 e. The first kappa shape index (κ1) is 12.1. The summed E-state index contributed by atoms with van der Waals surface area (Å²) in [6.07, 6.45) is 7.07. The number of rotatable bonds is 3. The molecule has 5 heteroatoms. The standard InChI is InChI=1S/C15H12N4O/c16-14(20)11-3-5-13(6-4-11)19-9-8-18-15(19)12-2-1-7-17-10-12/h1-10H,(H2,16,20). The lowest BCUT2D eigenvalue weighted by Crippen LogP contribution is -2.10. The van der Waals surface area contributed by atoms with Crippen molar-refractivity contribution in [2.45, 2.75) is 0 Å². The fourth-order valence-corrected chi connectivity index (χ4v) is 2.01. The Morgan fingerprint density at radius 3 is 2.55 bits per heavy atom. The zero-order chi connectivity index (χ0) is 13.9. The Hall–Kier alpha value is -2.95.